The van der Waals surface area contributed by atoms with E-state index in [-0.39, 0.29) is 6.42 Å². The van der Waals surface area contributed by atoms with Crippen LogP contribution in [0.2, 0.25) is 0 Å². The van der Waals surface area contributed by atoms with Crippen LogP contribution in [0, 0.1) is 0 Å². The van der Waals surface area contributed by atoms with Crippen molar-refractivity contribution in [2.45, 2.75) is 103 Å². The van der Waals surface area contributed by atoms with Crippen LogP contribution in [0.4, 0.5) is 0 Å². The van der Waals surface area contributed by atoms with Crippen LogP contribution in [0.1, 0.15) is 96.8 Å². The van der Waals surface area contributed by atoms with Crippen LogP contribution in [0.25, 0.3) is 0 Å². The van der Waals surface area contributed by atoms with Crippen molar-refractivity contribution in [3.05, 3.63) is 0 Å². The molecule has 5 nitrogen and oxygen atoms in total. The van der Waals surface area contributed by atoms with Gasteiger partial charge in [-0.15, -0.1) is 0 Å². The molecule has 0 unspecified atom stereocenters. The van der Waals surface area contributed by atoms with Gasteiger partial charge in [-0.3, -0.25) is 0 Å². The Balaban J connectivity index is 1.83. The van der Waals surface area contributed by atoms with Gasteiger partial charge in [-0.2, -0.15) is 0 Å². The molecule has 0 bridgehead atoms. The topological polar surface area (TPSA) is 72.8 Å². The Kier molecular flexibility index (Phi) is 9.92. The molecule has 0 amide bonds. The van der Waals surface area contributed by atoms with Gasteiger partial charge in [-0.25, -0.2) is 9.59 Å². The van der Waals surface area contributed by atoms with Crippen LogP contribution in [-0.2, 0) is 19.1 Å². The van der Waals surface area contributed by atoms with Crippen LogP contribution in [0.3, 0.4) is 0 Å². The summed E-state index contributed by atoms with van der Waals surface area (Å²) in [6.07, 6.45) is 16.1. The molecule has 0 saturated carbocycles. The first-order valence-electron chi connectivity index (χ1n) is 9.26. The maximum Gasteiger partial charge on any atom is 0.422 e. The van der Waals surface area contributed by atoms with E-state index in [1.807, 2.05) is 0 Å². The minimum atomic E-state index is -2.02. The van der Waals surface area contributed by atoms with Crippen molar-refractivity contribution in [1.29, 1.82) is 0 Å². The normalized spacial score (nSPS) is 16.4. The third kappa shape index (κ3) is 8.94. The summed E-state index contributed by atoms with van der Waals surface area (Å²) in [4.78, 5) is 21.7. The van der Waals surface area contributed by atoms with E-state index in [0.717, 1.165) is 12.8 Å². The summed E-state index contributed by atoms with van der Waals surface area (Å²) >= 11 is 0. The van der Waals surface area contributed by atoms with E-state index in [4.69, 9.17) is 0 Å². The lowest BCUT2D eigenvalue weighted by atomic mass is 10.0. The number of rotatable bonds is 14. The smallest absolute Gasteiger partial charge is 0.389 e. The molecule has 0 aromatic heterocycles. The van der Waals surface area contributed by atoms with E-state index >= 15 is 0 Å². The van der Waals surface area contributed by atoms with Crippen molar-refractivity contribution in [2.24, 2.45) is 0 Å². The molecule has 0 aromatic rings. The molecule has 1 fully saturated rings. The Morgan fingerprint density at radius 2 is 1.04 bits per heavy atom. The summed E-state index contributed by atoms with van der Waals surface area (Å²) in [5.41, 5.74) is 0. The fraction of sp³-hybridized carbons (Fsp3) is 0.889. The van der Waals surface area contributed by atoms with Crippen molar-refractivity contribution in [3.8, 4) is 0 Å². The zero-order valence-electron chi connectivity index (χ0n) is 14.5. The molecule has 0 aromatic carbocycles. The van der Waals surface area contributed by atoms with Gasteiger partial charge >= 0.3 is 17.9 Å². The predicted molar refractivity (Wildman–Crippen MR) is 87.4 cm³/mol. The van der Waals surface area contributed by atoms with E-state index in [2.05, 4.69) is 16.4 Å². The van der Waals surface area contributed by atoms with E-state index < -0.39 is 17.9 Å². The molecule has 134 valence electrons. The molecule has 5 heteroatoms. The minimum absolute atomic E-state index is 0.155. The molecule has 1 rings (SSSR count). The average molecular weight is 328 g/mol. The van der Waals surface area contributed by atoms with E-state index in [1.165, 1.54) is 64.2 Å². The standard InChI is InChI=1S/C18H32O5/c1-2-3-4-5-6-7-8-9-10-11-12-13-14-15-18(21)22-16(19)17(20)23-18/h21H,2-15H2,1H3. The second-order valence-corrected chi connectivity index (χ2v) is 6.48. The fourth-order valence-corrected chi connectivity index (χ4v) is 2.86. The SMILES string of the molecule is CCCCCCCCCCCCCCCC1(O)OC(=O)C(=O)O1. The molecule has 23 heavy (non-hydrogen) atoms. The van der Waals surface area contributed by atoms with Crippen LogP contribution >= 0.6 is 0 Å². The van der Waals surface area contributed by atoms with Crippen molar-refractivity contribution in [3.63, 3.8) is 0 Å². The molecular weight excluding hydrogens is 296 g/mol. The number of unbranched alkanes of at least 4 members (excludes halogenated alkanes) is 12. The Bertz CT molecular complexity index is 337. The number of ether oxygens (including phenoxy) is 2. The van der Waals surface area contributed by atoms with Gasteiger partial charge in [0.25, 0.3) is 0 Å². The van der Waals surface area contributed by atoms with Crippen LogP contribution in [0.5, 0.6) is 0 Å². The fourth-order valence-electron chi connectivity index (χ4n) is 2.86. The first-order chi connectivity index (χ1) is 11.1. The molecule has 1 heterocycles. The number of carbonyl (C=O) groups excluding carboxylic acids is 2. The summed E-state index contributed by atoms with van der Waals surface area (Å²) in [5.74, 6) is -4.24. The zero-order valence-corrected chi connectivity index (χ0v) is 14.5. The summed E-state index contributed by atoms with van der Waals surface area (Å²) in [6.45, 7) is 2.24. The van der Waals surface area contributed by atoms with Crippen molar-refractivity contribution < 1.29 is 24.2 Å². The number of cyclic esters (lactones) is 2. The monoisotopic (exact) mass is 328 g/mol. The Morgan fingerprint density at radius 3 is 1.43 bits per heavy atom. The number of esters is 2. The summed E-state index contributed by atoms with van der Waals surface area (Å²) < 4.78 is 9.03. The lowest BCUT2D eigenvalue weighted by Gasteiger charge is -2.17. The van der Waals surface area contributed by atoms with Gasteiger partial charge in [-0.05, 0) is 6.42 Å². The van der Waals surface area contributed by atoms with Crippen molar-refractivity contribution in [2.75, 3.05) is 0 Å². The Hall–Kier alpha value is -1.10. The van der Waals surface area contributed by atoms with Gasteiger partial charge in [0, 0.05) is 0 Å². The third-order valence-electron chi connectivity index (χ3n) is 4.27. The van der Waals surface area contributed by atoms with E-state index in [9.17, 15) is 14.7 Å². The number of hydrogen-bond donors (Lipinski definition) is 1. The maximum atomic E-state index is 10.9. The summed E-state index contributed by atoms with van der Waals surface area (Å²) in [5, 5.41) is 9.72. The quantitative estimate of drug-likeness (QED) is 0.294. The lowest BCUT2D eigenvalue weighted by molar-refractivity contribution is -0.295. The van der Waals surface area contributed by atoms with Crippen LogP contribution in [0.15, 0.2) is 0 Å². The molecule has 1 aliphatic rings. The minimum Gasteiger partial charge on any atom is -0.389 e. The highest BCUT2D eigenvalue weighted by atomic mass is 16.9. The lowest BCUT2D eigenvalue weighted by Crippen LogP contribution is -2.29. The highest BCUT2D eigenvalue weighted by Gasteiger charge is 2.46. The first kappa shape index (κ1) is 19.9. The van der Waals surface area contributed by atoms with Crippen molar-refractivity contribution >= 4 is 11.9 Å². The molecule has 1 aliphatic heterocycles. The Morgan fingerprint density at radius 1 is 0.696 bits per heavy atom. The number of aliphatic hydroxyl groups is 1. The second-order valence-electron chi connectivity index (χ2n) is 6.48. The second kappa shape index (κ2) is 11.4. The number of carbonyl (C=O) groups is 2. The highest BCUT2D eigenvalue weighted by Crippen LogP contribution is 2.24. The van der Waals surface area contributed by atoms with Gasteiger partial charge in [-0.1, -0.05) is 84.0 Å². The van der Waals surface area contributed by atoms with Crippen molar-refractivity contribution in [1.82, 2.24) is 0 Å². The maximum absolute atomic E-state index is 10.9. The van der Waals surface area contributed by atoms with Gasteiger partial charge in [0.2, 0.25) is 0 Å². The van der Waals surface area contributed by atoms with Gasteiger partial charge in [0.1, 0.15) is 0 Å². The molecule has 0 radical (unpaired) electrons. The highest BCUT2D eigenvalue weighted by molar-refractivity contribution is 6.31. The molecule has 0 atom stereocenters. The molecule has 1 saturated heterocycles. The predicted octanol–water partition coefficient (Wildman–Crippen LogP) is 4.21. The van der Waals surface area contributed by atoms with E-state index in [1.54, 1.807) is 0 Å². The molecule has 0 aliphatic carbocycles. The number of hydrogen-bond acceptors (Lipinski definition) is 5. The van der Waals surface area contributed by atoms with Gasteiger partial charge < -0.3 is 14.6 Å². The van der Waals surface area contributed by atoms with Crippen LogP contribution in [-0.4, -0.2) is 23.0 Å². The van der Waals surface area contributed by atoms with Gasteiger partial charge in [0.05, 0.1) is 6.42 Å². The molecule has 1 N–H and O–H groups in total. The van der Waals surface area contributed by atoms with E-state index in [0.29, 0.717) is 6.42 Å². The summed E-state index contributed by atoms with van der Waals surface area (Å²) in [6, 6.07) is 0. The molecule has 0 spiro atoms. The van der Waals surface area contributed by atoms with Gasteiger partial charge in [0.15, 0.2) is 0 Å². The average Bonchev–Trinajstić information content (AvgIpc) is 2.77. The Labute approximate surface area is 139 Å². The third-order valence-corrected chi connectivity index (χ3v) is 4.27. The van der Waals surface area contributed by atoms with Crippen LogP contribution < -0.4 is 0 Å². The molecular formula is C18H32O5. The largest absolute Gasteiger partial charge is 0.422 e. The summed E-state index contributed by atoms with van der Waals surface area (Å²) in [7, 11) is 0. The zero-order chi connectivity index (χ0) is 17.0. The first-order valence-corrected chi connectivity index (χ1v) is 9.26.